The van der Waals surface area contributed by atoms with Crippen LogP contribution < -0.4 is 0 Å². The van der Waals surface area contributed by atoms with Gasteiger partial charge in [-0.05, 0) is 19.3 Å². The van der Waals surface area contributed by atoms with Gasteiger partial charge in [0.1, 0.15) is 0 Å². The van der Waals surface area contributed by atoms with E-state index in [-0.39, 0.29) is 6.10 Å². The van der Waals surface area contributed by atoms with Crippen LogP contribution in [0.4, 0.5) is 0 Å². The van der Waals surface area contributed by atoms with Gasteiger partial charge in [0.15, 0.2) is 0 Å². The third-order valence-electron chi connectivity index (χ3n) is 1.37. The molecule has 2 unspecified atom stereocenters. The van der Waals surface area contributed by atoms with E-state index in [1.165, 1.54) is 0 Å². The van der Waals surface area contributed by atoms with Gasteiger partial charge in [0, 0.05) is 0 Å². The Morgan fingerprint density at radius 2 is 2.12 bits per heavy atom. The van der Waals surface area contributed by atoms with Crippen molar-refractivity contribution < 1.29 is 5.11 Å². The molecule has 0 aromatic rings. The number of aliphatic hydroxyl groups excluding tert-OH is 1. The summed E-state index contributed by atoms with van der Waals surface area (Å²) in [6.45, 7) is 7.72. The van der Waals surface area contributed by atoms with Crippen LogP contribution in [0.2, 0.25) is 0 Å². The molecule has 0 aromatic heterocycles. The molecule has 0 amide bonds. The zero-order chi connectivity index (χ0) is 6.57. The molecule has 0 heterocycles. The third kappa shape index (κ3) is 4.13. The minimum Gasteiger partial charge on any atom is -0.393 e. The number of hydrogen-bond acceptors (Lipinski definition) is 1. The van der Waals surface area contributed by atoms with E-state index >= 15 is 0 Å². The molecule has 0 bridgehead atoms. The van der Waals surface area contributed by atoms with Gasteiger partial charge >= 0.3 is 0 Å². The summed E-state index contributed by atoms with van der Waals surface area (Å²) in [6.07, 6.45) is 1.59. The molecule has 1 heteroatoms. The molecule has 0 spiro atoms. The Morgan fingerprint density at radius 3 is 2.25 bits per heavy atom. The molecule has 8 heavy (non-hydrogen) atoms. The van der Waals surface area contributed by atoms with Crippen molar-refractivity contribution >= 4 is 0 Å². The second-order valence-corrected chi connectivity index (χ2v) is 2.40. The lowest BCUT2D eigenvalue weighted by molar-refractivity contribution is 0.187. The topological polar surface area (TPSA) is 20.2 Å². The molecule has 0 aliphatic rings. The van der Waals surface area contributed by atoms with Crippen LogP contribution in [0.15, 0.2) is 0 Å². The van der Waals surface area contributed by atoms with Crippen molar-refractivity contribution in [1.29, 1.82) is 0 Å². The van der Waals surface area contributed by atoms with Gasteiger partial charge in [-0.15, -0.1) is 0 Å². The van der Waals surface area contributed by atoms with Crippen LogP contribution in [0.25, 0.3) is 0 Å². The minimum absolute atomic E-state index is 0.370. The molecule has 0 saturated carbocycles. The minimum atomic E-state index is -0.370. The normalized spacial score (nSPS) is 18.0. The summed E-state index contributed by atoms with van der Waals surface area (Å²) in [5.74, 6) is 0.613. The maximum atomic E-state index is 8.74. The summed E-state index contributed by atoms with van der Waals surface area (Å²) in [5, 5.41) is 8.74. The molecule has 49 valence electrons. The molecule has 0 saturated heterocycles. The fraction of sp³-hybridized carbons (Fsp3) is 0.857. The van der Waals surface area contributed by atoms with Crippen LogP contribution in [0, 0.1) is 12.8 Å². The summed E-state index contributed by atoms with van der Waals surface area (Å²) < 4.78 is 0. The highest BCUT2D eigenvalue weighted by atomic mass is 16.3. The number of rotatable bonds is 3. The van der Waals surface area contributed by atoms with E-state index in [2.05, 4.69) is 20.8 Å². The van der Waals surface area contributed by atoms with E-state index in [1.54, 1.807) is 0 Å². The Kier molecular flexibility index (Phi) is 3.88. The van der Waals surface area contributed by atoms with Gasteiger partial charge < -0.3 is 5.11 Å². The average molecular weight is 115 g/mol. The van der Waals surface area contributed by atoms with Crippen LogP contribution >= 0.6 is 0 Å². The van der Waals surface area contributed by atoms with E-state index in [0.717, 1.165) is 12.8 Å². The maximum absolute atomic E-state index is 8.74. The highest BCUT2D eigenvalue weighted by molar-refractivity contribution is 4.60. The first-order chi connectivity index (χ1) is 3.66. The average Bonchev–Trinajstić information content (AvgIpc) is 1.65. The molecule has 0 aliphatic carbocycles. The second-order valence-electron chi connectivity index (χ2n) is 2.40. The van der Waals surface area contributed by atoms with Gasteiger partial charge in [0.2, 0.25) is 0 Å². The summed E-state index contributed by atoms with van der Waals surface area (Å²) in [5.41, 5.74) is 0. The van der Waals surface area contributed by atoms with E-state index in [9.17, 15) is 0 Å². The Morgan fingerprint density at radius 1 is 1.62 bits per heavy atom. The molecule has 0 aromatic carbocycles. The van der Waals surface area contributed by atoms with E-state index in [0.29, 0.717) is 5.92 Å². The van der Waals surface area contributed by atoms with Gasteiger partial charge in [-0.25, -0.2) is 0 Å². The van der Waals surface area contributed by atoms with Gasteiger partial charge in [0.25, 0.3) is 0 Å². The molecule has 1 nitrogen and oxygen atoms in total. The van der Waals surface area contributed by atoms with Crippen LogP contribution in [0.1, 0.15) is 26.7 Å². The predicted molar refractivity (Wildman–Crippen MR) is 35.4 cm³/mol. The Balaban J connectivity index is 3.10. The van der Waals surface area contributed by atoms with Gasteiger partial charge in [-0.3, -0.25) is 0 Å². The molecule has 0 aliphatic heterocycles. The third-order valence-corrected chi connectivity index (χ3v) is 1.37. The lowest BCUT2D eigenvalue weighted by atomic mass is 10.0. The van der Waals surface area contributed by atoms with Crippen molar-refractivity contribution in [2.24, 2.45) is 5.92 Å². The summed E-state index contributed by atoms with van der Waals surface area (Å²) in [7, 11) is 0. The van der Waals surface area contributed by atoms with Crippen LogP contribution in [-0.2, 0) is 0 Å². The first-order valence-electron chi connectivity index (χ1n) is 3.18. The van der Waals surface area contributed by atoms with Crippen molar-refractivity contribution in [3.8, 4) is 0 Å². The quantitative estimate of drug-likeness (QED) is 0.592. The largest absolute Gasteiger partial charge is 0.393 e. The van der Waals surface area contributed by atoms with Crippen molar-refractivity contribution in [3.63, 3.8) is 0 Å². The fourth-order valence-electron chi connectivity index (χ4n) is 0.631. The summed E-state index contributed by atoms with van der Waals surface area (Å²) in [4.78, 5) is 0. The Hall–Kier alpha value is -0.0400. The Labute approximate surface area is 51.7 Å². The van der Waals surface area contributed by atoms with Crippen molar-refractivity contribution in [2.45, 2.75) is 32.8 Å². The molecule has 2 atom stereocenters. The monoisotopic (exact) mass is 115 g/mol. The van der Waals surface area contributed by atoms with Crippen LogP contribution in [0.3, 0.4) is 0 Å². The number of aliphatic hydroxyl groups is 1. The molecular formula is C7H15O. The number of hydrogen-bond donors (Lipinski definition) is 1. The molecule has 0 rings (SSSR count). The second kappa shape index (κ2) is 3.90. The molecular weight excluding hydrogens is 100 g/mol. The zero-order valence-electron chi connectivity index (χ0n) is 5.72. The lowest BCUT2D eigenvalue weighted by Gasteiger charge is -2.08. The highest BCUT2D eigenvalue weighted by Crippen LogP contribution is 2.08. The van der Waals surface area contributed by atoms with E-state index in [4.69, 9.17) is 5.11 Å². The highest BCUT2D eigenvalue weighted by Gasteiger charge is 2.01. The Bertz CT molecular complexity index is 50.3. The van der Waals surface area contributed by atoms with E-state index in [1.807, 2.05) is 0 Å². The smallest absolute Gasteiger partial charge is 0.0543 e. The molecule has 1 radical (unpaired) electrons. The summed E-state index contributed by atoms with van der Waals surface area (Å²) in [6, 6.07) is 0. The van der Waals surface area contributed by atoms with E-state index < -0.39 is 0 Å². The lowest BCUT2D eigenvalue weighted by Crippen LogP contribution is -2.05. The predicted octanol–water partition coefficient (Wildman–Crippen LogP) is 1.62. The first-order valence-corrected chi connectivity index (χ1v) is 3.18. The van der Waals surface area contributed by atoms with Crippen molar-refractivity contribution in [2.75, 3.05) is 0 Å². The fourth-order valence-corrected chi connectivity index (χ4v) is 0.631. The standard InChI is InChI=1S/C7H15O/c1-4-6(2)5-7(3)8/h6-8H,3-5H2,1-2H3. The van der Waals surface area contributed by atoms with Crippen LogP contribution in [0.5, 0.6) is 0 Å². The molecule has 1 N–H and O–H groups in total. The zero-order valence-corrected chi connectivity index (χ0v) is 5.72. The summed E-state index contributed by atoms with van der Waals surface area (Å²) >= 11 is 0. The maximum Gasteiger partial charge on any atom is 0.0543 e. The van der Waals surface area contributed by atoms with Crippen molar-refractivity contribution in [1.82, 2.24) is 0 Å². The van der Waals surface area contributed by atoms with Gasteiger partial charge in [-0.1, -0.05) is 20.3 Å². The molecule has 0 fully saturated rings. The van der Waals surface area contributed by atoms with Gasteiger partial charge in [-0.2, -0.15) is 0 Å². The SMILES string of the molecule is [CH2]C(O)CC(C)CC. The van der Waals surface area contributed by atoms with Crippen molar-refractivity contribution in [3.05, 3.63) is 6.92 Å². The van der Waals surface area contributed by atoms with Gasteiger partial charge in [0.05, 0.1) is 6.10 Å². The van der Waals surface area contributed by atoms with Crippen LogP contribution in [-0.4, -0.2) is 11.2 Å². The first kappa shape index (κ1) is 7.96.